The number of fused-ring (bicyclic) bond motifs is 1. The van der Waals surface area contributed by atoms with Gasteiger partial charge in [0.25, 0.3) is 11.8 Å². The SMILES string of the molecule is CC1(C)C(C(=O)N2CCC(c3nc(C(=O)NNC(=O)c4ccc5nonc5c4)cs3)CC2)C1(C)C. The molecule has 1 aliphatic heterocycles. The molecule has 0 unspecified atom stereocenters. The van der Waals surface area contributed by atoms with Gasteiger partial charge in [-0.05, 0) is 52.2 Å². The van der Waals surface area contributed by atoms with Crippen molar-refractivity contribution < 1.29 is 19.0 Å². The molecule has 0 atom stereocenters. The molecule has 35 heavy (non-hydrogen) atoms. The molecular weight excluding hydrogens is 468 g/mol. The van der Waals surface area contributed by atoms with E-state index in [0.29, 0.717) is 29.7 Å². The normalized spacial score (nSPS) is 19.5. The Kier molecular flexibility index (Phi) is 5.62. The first-order valence-corrected chi connectivity index (χ1v) is 12.5. The van der Waals surface area contributed by atoms with Crippen LogP contribution in [0.1, 0.15) is 72.3 Å². The maximum atomic E-state index is 13.0. The van der Waals surface area contributed by atoms with Gasteiger partial charge in [0.2, 0.25) is 5.91 Å². The lowest BCUT2D eigenvalue weighted by Gasteiger charge is -2.31. The highest BCUT2D eigenvalue weighted by Crippen LogP contribution is 2.68. The number of aromatic nitrogens is 3. The Hall–Kier alpha value is -3.34. The third kappa shape index (κ3) is 4.07. The molecule has 2 aliphatic rings. The number of thiazole rings is 1. The summed E-state index contributed by atoms with van der Waals surface area (Å²) in [5, 5.41) is 9.97. The van der Waals surface area contributed by atoms with Crippen molar-refractivity contribution in [1.29, 1.82) is 0 Å². The highest BCUT2D eigenvalue weighted by atomic mass is 32.1. The standard InChI is InChI=1S/C24H28N6O4S/c1-23(2)18(24(23,3)4)22(33)30-9-7-13(8-10-30)21-25-17(12-35-21)20(32)27-26-19(31)14-5-6-15-16(11-14)29-34-28-15/h5-6,11-13,18H,7-10H2,1-4H3,(H,26,31)(H,27,32). The molecule has 2 N–H and O–H groups in total. The largest absolute Gasteiger partial charge is 0.342 e. The number of nitrogens with zero attached hydrogens (tertiary/aromatic N) is 4. The van der Waals surface area contributed by atoms with Gasteiger partial charge >= 0.3 is 0 Å². The van der Waals surface area contributed by atoms with Gasteiger partial charge in [-0.1, -0.05) is 27.7 Å². The average Bonchev–Trinajstić information content (AvgIpc) is 3.34. The highest BCUT2D eigenvalue weighted by Gasteiger charge is 2.68. The van der Waals surface area contributed by atoms with Crippen molar-refractivity contribution in [3.63, 3.8) is 0 Å². The molecule has 1 aliphatic carbocycles. The summed E-state index contributed by atoms with van der Waals surface area (Å²) in [6.45, 7) is 10.1. The molecule has 1 saturated carbocycles. The molecule has 1 saturated heterocycles. The second-order valence-corrected chi connectivity index (χ2v) is 11.3. The minimum atomic E-state index is -0.490. The summed E-state index contributed by atoms with van der Waals surface area (Å²) in [6, 6.07) is 4.70. The second kappa shape index (κ2) is 8.40. The Morgan fingerprint density at radius 1 is 1.00 bits per heavy atom. The van der Waals surface area contributed by atoms with Gasteiger partial charge in [0.05, 0.1) is 5.01 Å². The lowest BCUT2D eigenvalue weighted by Crippen LogP contribution is -2.41. The third-order valence-electron chi connectivity index (χ3n) is 7.98. The van der Waals surface area contributed by atoms with E-state index in [1.807, 2.05) is 4.90 Å². The number of nitrogens with one attached hydrogen (secondary N) is 2. The number of hydrogen-bond donors (Lipinski definition) is 2. The lowest BCUT2D eigenvalue weighted by atomic mass is 9.96. The van der Waals surface area contributed by atoms with Crippen molar-refractivity contribution in [2.24, 2.45) is 16.7 Å². The fraction of sp³-hybridized carbons (Fsp3) is 0.500. The highest BCUT2D eigenvalue weighted by molar-refractivity contribution is 7.09. The van der Waals surface area contributed by atoms with Crippen molar-refractivity contribution >= 4 is 40.1 Å². The van der Waals surface area contributed by atoms with Gasteiger partial charge in [0.15, 0.2) is 0 Å². The fourth-order valence-corrected chi connectivity index (χ4v) is 6.07. The van der Waals surface area contributed by atoms with Gasteiger partial charge in [0.1, 0.15) is 16.7 Å². The van der Waals surface area contributed by atoms with E-state index in [1.165, 1.54) is 17.4 Å². The summed E-state index contributed by atoms with van der Waals surface area (Å²) < 4.78 is 4.63. The zero-order valence-electron chi connectivity index (χ0n) is 20.1. The molecule has 0 spiro atoms. The molecule has 11 heteroatoms. The number of likely N-dealkylation sites (tertiary alicyclic amines) is 1. The summed E-state index contributed by atoms with van der Waals surface area (Å²) in [7, 11) is 0. The molecule has 3 aromatic rings. The molecule has 184 valence electrons. The van der Waals surface area contributed by atoms with Crippen LogP contribution in [0.5, 0.6) is 0 Å². The maximum Gasteiger partial charge on any atom is 0.289 e. The van der Waals surface area contributed by atoms with E-state index in [4.69, 9.17) is 0 Å². The zero-order chi connectivity index (χ0) is 25.0. The molecule has 5 rings (SSSR count). The summed E-state index contributed by atoms with van der Waals surface area (Å²) in [6.07, 6.45) is 1.65. The second-order valence-electron chi connectivity index (χ2n) is 10.4. The van der Waals surface area contributed by atoms with Gasteiger partial charge in [0, 0.05) is 35.9 Å². The molecule has 3 heterocycles. The van der Waals surface area contributed by atoms with Crippen LogP contribution in [0.25, 0.3) is 11.0 Å². The van der Waals surface area contributed by atoms with Crippen LogP contribution in [-0.2, 0) is 4.79 Å². The summed E-state index contributed by atoms with van der Waals surface area (Å²) >= 11 is 1.43. The first-order valence-electron chi connectivity index (χ1n) is 11.7. The number of carbonyl (C=O) groups excluding carboxylic acids is 3. The van der Waals surface area contributed by atoms with Crippen LogP contribution in [0.2, 0.25) is 0 Å². The van der Waals surface area contributed by atoms with Gasteiger partial charge in [-0.2, -0.15) is 0 Å². The quantitative estimate of drug-likeness (QED) is 0.531. The van der Waals surface area contributed by atoms with Gasteiger partial charge < -0.3 is 4.90 Å². The van der Waals surface area contributed by atoms with Crippen LogP contribution in [0.15, 0.2) is 28.2 Å². The van der Waals surface area contributed by atoms with E-state index >= 15 is 0 Å². The van der Waals surface area contributed by atoms with Gasteiger partial charge in [-0.25, -0.2) is 9.61 Å². The molecular formula is C24H28N6O4S. The fourth-order valence-electron chi connectivity index (χ4n) is 5.10. The van der Waals surface area contributed by atoms with Crippen LogP contribution in [-0.4, -0.2) is 51.0 Å². The third-order valence-corrected chi connectivity index (χ3v) is 8.99. The monoisotopic (exact) mass is 496 g/mol. The van der Waals surface area contributed by atoms with Crippen molar-refractivity contribution in [3.05, 3.63) is 39.8 Å². The Morgan fingerprint density at radius 3 is 2.34 bits per heavy atom. The van der Waals surface area contributed by atoms with E-state index in [9.17, 15) is 14.4 Å². The van der Waals surface area contributed by atoms with E-state index in [-0.39, 0.29) is 34.3 Å². The average molecular weight is 497 g/mol. The zero-order valence-corrected chi connectivity index (χ0v) is 20.9. The van der Waals surface area contributed by atoms with Crippen molar-refractivity contribution in [2.45, 2.75) is 46.5 Å². The summed E-state index contributed by atoms with van der Waals surface area (Å²) in [5.74, 6) is -0.435. The minimum absolute atomic E-state index is 0.0357. The van der Waals surface area contributed by atoms with E-state index in [1.54, 1.807) is 17.5 Å². The molecule has 3 amide bonds. The summed E-state index contributed by atoms with van der Waals surface area (Å²) in [4.78, 5) is 44.4. The Labute approximate surface area is 206 Å². The molecule has 2 aromatic heterocycles. The van der Waals surface area contributed by atoms with Gasteiger partial charge in [-0.3, -0.25) is 25.2 Å². The number of benzene rings is 1. The van der Waals surface area contributed by atoms with Crippen molar-refractivity contribution in [3.8, 4) is 0 Å². The lowest BCUT2D eigenvalue weighted by molar-refractivity contribution is -0.134. The smallest absolute Gasteiger partial charge is 0.289 e. The van der Waals surface area contributed by atoms with Crippen LogP contribution in [0.4, 0.5) is 0 Å². The number of hydrazine groups is 1. The first kappa shape index (κ1) is 23.4. The van der Waals surface area contributed by atoms with Crippen LogP contribution >= 0.6 is 11.3 Å². The Bertz CT molecular complexity index is 1290. The topological polar surface area (TPSA) is 130 Å². The van der Waals surface area contributed by atoms with Crippen LogP contribution in [0.3, 0.4) is 0 Å². The number of piperidine rings is 1. The van der Waals surface area contributed by atoms with E-state index in [2.05, 4.69) is 58.5 Å². The maximum absolute atomic E-state index is 13.0. The molecule has 1 aromatic carbocycles. The Balaban J connectivity index is 1.13. The number of amides is 3. The first-order chi connectivity index (χ1) is 16.6. The number of hydrogen-bond acceptors (Lipinski definition) is 8. The van der Waals surface area contributed by atoms with E-state index < -0.39 is 11.8 Å². The van der Waals surface area contributed by atoms with Gasteiger partial charge in [-0.15, -0.1) is 11.3 Å². The Morgan fingerprint density at radius 2 is 1.66 bits per heavy atom. The van der Waals surface area contributed by atoms with Crippen molar-refractivity contribution in [2.75, 3.05) is 13.1 Å². The molecule has 0 radical (unpaired) electrons. The predicted molar refractivity (Wildman–Crippen MR) is 128 cm³/mol. The number of rotatable bonds is 4. The summed E-state index contributed by atoms with van der Waals surface area (Å²) in [5.41, 5.74) is 6.42. The minimum Gasteiger partial charge on any atom is -0.342 e. The predicted octanol–water partition coefficient (Wildman–Crippen LogP) is 3.14. The van der Waals surface area contributed by atoms with Crippen molar-refractivity contribution in [1.82, 2.24) is 31.0 Å². The number of carbonyl (C=O) groups is 3. The molecule has 0 bridgehead atoms. The van der Waals surface area contributed by atoms with E-state index in [0.717, 1.165) is 17.8 Å². The molecule has 2 fully saturated rings. The van der Waals surface area contributed by atoms with Crippen LogP contribution < -0.4 is 10.9 Å². The van der Waals surface area contributed by atoms with Crippen LogP contribution in [0, 0.1) is 16.7 Å². The molecule has 10 nitrogen and oxygen atoms in total.